The maximum atomic E-state index is 13.8. The van der Waals surface area contributed by atoms with Crippen LogP contribution in [0.4, 0.5) is 0 Å². The van der Waals surface area contributed by atoms with Crippen molar-refractivity contribution in [2.45, 2.75) is 65.0 Å². The van der Waals surface area contributed by atoms with Crippen molar-refractivity contribution in [3.63, 3.8) is 0 Å². The molecule has 0 saturated heterocycles. The molecule has 1 N–H and O–H groups in total. The minimum absolute atomic E-state index is 0.0874. The number of nitrogens with zero attached hydrogens (tertiary/aromatic N) is 3. The summed E-state index contributed by atoms with van der Waals surface area (Å²) in [4.78, 5) is 37.5. The molecule has 3 heterocycles. The Kier molecular flexibility index (Phi) is 4.86. The summed E-state index contributed by atoms with van der Waals surface area (Å²) >= 11 is 1.34. The third-order valence-electron chi connectivity index (χ3n) is 8.46. The molecule has 4 bridgehead atoms. The molecule has 2 amide bonds. The third-order valence-corrected chi connectivity index (χ3v) is 9.23. The Hall–Kier alpha value is -2.28. The lowest BCUT2D eigenvalue weighted by Gasteiger charge is -2.56. The zero-order valence-electron chi connectivity index (χ0n) is 18.6. The lowest BCUT2D eigenvalue weighted by Crippen LogP contribution is -2.55. The summed E-state index contributed by atoms with van der Waals surface area (Å²) in [6, 6.07) is 0. The van der Waals surface area contributed by atoms with Crippen LogP contribution in [0, 0.1) is 30.1 Å². The fourth-order valence-electron chi connectivity index (χ4n) is 7.42. The molecule has 0 aromatic carbocycles. The number of rotatable bonds is 4. The van der Waals surface area contributed by atoms with Gasteiger partial charge in [0.25, 0.3) is 5.91 Å². The van der Waals surface area contributed by atoms with Gasteiger partial charge in [0, 0.05) is 31.5 Å². The number of hydrogen-bond donors (Lipinski definition) is 1. The fourth-order valence-corrected chi connectivity index (χ4v) is 7.96. The lowest BCUT2D eigenvalue weighted by molar-refractivity contribution is -0.158. The first-order chi connectivity index (χ1) is 15.5. The quantitative estimate of drug-likeness (QED) is 0.767. The van der Waals surface area contributed by atoms with Gasteiger partial charge in [-0.1, -0.05) is 0 Å². The second-order valence-corrected chi connectivity index (χ2v) is 11.4. The molecule has 6 nitrogen and oxygen atoms in total. The zero-order valence-corrected chi connectivity index (χ0v) is 19.4. The van der Waals surface area contributed by atoms with Crippen molar-refractivity contribution >= 4 is 23.2 Å². The number of nitrogens with one attached hydrogen (secondary N) is 1. The Morgan fingerprint density at radius 1 is 1.16 bits per heavy atom. The van der Waals surface area contributed by atoms with Gasteiger partial charge in [-0.05, 0) is 86.3 Å². The van der Waals surface area contributed by atoms with E-state index >= 15 is 0 Å². The maximum Gasteiger partial charge on any atom is 0.263 e. The van der Waals surface area contributed by atoms with Gasteiger partial charge in [0.05, 0.1) is 17.1 Å². The van der Waals surface area contributed by atoms with Crippen LogP contribution in [0.15, 0.2) is 17.9 Å². The molecule has 4 fully saturated rings. The van der Waals surface area contributed by atoms with Gasteiger partial charge in [0.15, 0.2) is 0 Å². The highest BCUT2D eigenvalue weighted by molar-refractivity contribution is 7.11. The van der Waals surface area contributed by atoms with E-state index in [-0.39, 0.29) is 11.3 Å². The number of pyridine rings is 1. The molecule has 168 valence electrons. The highest BCUT2D eigenvalue weighted by atomic mass is 32.1. The smallest absolute Gasteiger partial charge is 0.263 e. The highest BCUT2D eigenvalue weighted by Gasteiger charge is 2.55. The van der Waals surface area contributed by atoms with E-state index in [4.69, 9.17) is 0 Å². The highest BCUT2D eigenvalue weighted by Crippen LogP contribution is 2.60. The summed E-state index contributed by atoms with van der Waals surface area (Å²) in [6.45, 7) is 3.88. The minimum atomic E-state index is -0.0982. The van der Waals surface area contributed by atoms with Gasteiger partial charge >= 0.3 is 0 Å². The maximum absolute atomic E-state index is 13.8. The number of aromatic nitrogens is 2. The van der Waals surface area contributed by atoms with Crippen molar-refractivity contribution in [2.75, 3.05) is 6.54 Å². The van der Waals surface area contributed by atoms with Crippen LogP contribution >= 0.6 is 11.3 Å². The number of aryl methyl sites for hydroxylation is 1. The molecule has 4 aliphatic carbocycles. The van der Waals surface area contributed by atoms with Crippen LogP contribution in [-0.4, -0.2) is 33.2 Å². The molecule has 0 radical (unpaired) electrons. The molecule has 5 aliphatic rings. The van der Waals surface area contributed by atoms with E-state index in [1.807, 2.05) is 13.1 Å². The van der Waals surface area contributed by atoms with Gasteiger partial charge in [0.2, 0.25) is 5.91 Å². The normalized spacial score (nSPS) is 30.3. The Morgan fingerprint density at radius 3 is 2.53 bits per heavy atom. The van der Waals surface area contributed by atoms with Crippen molar-refractivity contribution in [3.8, 4) is 0 Å². The molecular formula is C25H30N4O2S. The Bertz CT molecular complexity index is 1030. The number of carbonyl (C=O) groups excluding carboxylic acids is 2. The molecule has 0 spiro atoms. The first-order valence-electron chi connectivity index (χ1n) is 11.9. The van der Waals surface area contributed by atoms with Crippen LogP contribution in [0.5, 0.6) is 0 Å². The molecule has 7 rings (SSSR count). The van der Waals surface area contributed by atoms with Crippen molar-refractivity contribution in [1.29, 1.82) is 0 Å². The molecule has 0 unspecified atom stereocenters. The van der Waals surface area contributed by atoms with Crippen LogP contribution in [0.25, 0.3) is 0 Å². The third kappa shape index (κ3) is 3.36. The Labute approximate surface area is 192 Å². The van der Waals surface area contributed by atoms with Crippen LogP contribution in [0.2, 0.25) is 0 Å². The summed E-state index contributed by atoms with van der Waals surface area (Å²) in [6.07, 6.45) is 11.8. The fraction of sp³-hybridized carbons (Fsp3) is 0.600. The molecule has 0 atom stereocenters. The number of fused-ring (bicyclic) bond motifs is 1. The molecule has 2 aromatic heterocycles. The van der Waals surface area contributed by atoms with Gasteiger partial charge in [0.1, 0.15) is 4.88 Å². The molecular weight excluding hydrogens is 420 g/mol. The van der Waals surface area contributed by atoms with Crippen molar-refractivity contribution in [2.24, 2.45) is 23.2 Å². The standard InChI is InChI=1S/C25H30N4O2S/c1-15-21(11-28-23(30)22-12-26-14-32-22)20-2-3-29(13-19(20)10-27-15)24(31)25-7-16-4-17(8-25)6-18(5-16)9-25/h10,12,14,16-18H,2-9,11,13H2,1H3,(H,28,30). The van der Waals surface area contributed by atoms with E-state index in [2.05, 4.69) is 20.2 Å². The predicted octanol–water partition coefficient (Wildman–Crippen LogP) is 3.88. The molecule has 2 aromatic rings. The van der Waals surface area contributed by atoms with Crippen molar-refractivity contribution in [1.82, 2.24) is 20.2 Å². The van der Waals surface area contributed by atoms with E-state index in [0.29, 0.717) is 23.9 Å². The SMILES string of the molecule is Cc1ncc2c(c1CNC(=O)c1cncs1)CCN(C(=O)C13CC4CC(CC(C4)C1)C3)C2. The van der Waals surface area contributed by atoms with Crippen LogP contribution < -0.4 is 5.32 Å². The van der Waals surface area contributed by atoms with Crippen LogP contribution in [-0.2, 0) is 24.3 Å². The van der Waals surface area contributed by atoms with E-state index in [0.717, 1.165) is 66.8 Å². The first kappa shape index (κ1) is 20.3. The largest absolute Gasteiger partial charge is 0.347 e. The van der Waals surface area contributed by atoms with Gasteiger partial charge in [-0.2, -0.15) is 0 Å². The summed E-state index contributed by atoms with van der Waals surface area (Å²) in [5.41, 5.74) is 6.03. The Morgan fingerprint density at radius 2 is 1.88 bits per heavy atom. The minimum Gasteiger partial charge on any atom is -0.347 e. The predicted molar refractivity (Wildman–Crippen MR) is 122 cm³/mol. The topological polar surface area (TPSA) is 75.2 Å². The summed E-state index contributed by atoms with van der Waals surface area (Å²) in [5.74, 6) is 2.64. The summed E-state index contributed by atoms with van der Waals surface area (Å²) in [5, 5.41) is 3.03. The first-order valence-corrected chi connectivity index (χ1v) is 12.8. The number of carbonyl (C=O) groups is 2. The van der Waals surface area contributed by atoms with Crippen LogP contribution in [0.1, 0.15) is 70.6 Å². The number of thiazole rings is 1. The monoisotopic (exact) mass is 450 g/mol. The average Bonchev–Trinajstić information content (AvgIpc) is 3.32. The summed E-state index contributed by atoms with van der Waals surface area (Å²) in [7, 11) is 0. The van der Waals surface area contributed by atoms with Gasteiger partial charge in [-0.25, -0.2) is 0 Å². The molecule has 4 saturated carbocycles. The Balaban J connectivity index is 1.19. The van der Waals surface area contributed by atoms with Crippen molar-refractivity contribution < 1.29 is 9.59 Å². The number of amides is 2. The van der Waals surface area contributed by atoms with Gasteiger partial charge in [-0.3, -0.25) is 19.6 Å². The second-order valence-electron chi connectivity index (χ2n) is 10.5. The molecule has 32 heavy (non-hydrogen) atoms. The van der Waals surface area contributed by atoms with E-state index in [9.17, 15) is 9.59 Å². The van der Waals surface area contributed by atoms with E-state index in [1.54, 1.807) is 11.7 Å². The number of hydrogen-bond acceptors (Lipinski definition) is 5. The molecule has 1 aliphatic heterocycles. The lowest BCUT2D eigenvalue weighted by atomic mass is 9.49. The summed E-state index contributed by atoms with van der Waals surface area (Å²) < 4.78 is 0. The zero-order chi connectivity index (χ0) is 21.9. The van der Waals surface area contributed by atoms with Gasteiger partial charge in [-0.15, -0.1) is 11.3 Å². The van der Waals surface area contributed by atoms with E-state index < -0.39 is 0 Å². The van der Waals surface area contributed by atoms with Gasteiger partial charge < -0.3 is 10.2 Å². The van der Waals surface area contributed by atoms with E-state index in [1.165, 1.54) is 36.2 Å². The van der Waals surface area contributed by atoms with Crippen LogP contribution in [0.3, 0.4) is 0 Å². The average molecular weight is 451 g/mol. The van der Waals surface area contributed by atoms with Crippen molar-refractivity contribution in [3.05, 3.63) is 45.2 Å². The molecule has 7 heteroatoms. The second kappa shape index (κ2) is 7.65.